The maximum atomic E-state index is 10.6. The fraction of sp³-hybridized carbons (Fsp3) is 0.529. The smallest absolute Gasteiger partial charge is 0.149 e. The van der Waals surface area contributed by atoms with Crippen molar-refractivity contribution in [2.24, 2.45) is 5.92 Å². The van der Waals surface area contributed by atoms with Gasteiger partial charge < -0.3 is 10.2 Å². The summed E-state index contributed by atoms with van der Waals surface area (Å²) in [6, 6.07) is -0.177. The molecule has 0 aromatic carbocycles. The van der Waals surface area contributed by atoms with Gasteiger partial charge in [-0.3, -0.25) is 4.90 Å². The number of quaternary nitrogens is 1. The van der Waals surface area contributed by atoms with Crippen LogP contribution in [-0.2, 0) is 0 Å². The zero-order valence-corrected chi connectivity index (χ0v) is 12.2. The molecule has 0 spiro atoms. The fourth-order valence-corrected chi connectivity index (χ4v) is 3.24. The molecule has 0 aromatic rings. The van der Waals surface area contributed by atoms with E-state index in [2.05, 4.69) is 25.2 Å². The highest BCUT2D eigenvalue weighted by atomic mass is 16.3. The van der Waals surface area contributed by atoms with E-state index in [0.717, 1.165) is 16.4 Å². The Morgan fingerprint density at radius 1 is 1.35 bits per heavy atom. The Labute approximate surface area is 120 Å². The summed E-state index contributed by atoms with van der Waals surface area (Å²) in [4.78, 5) is 1.11. The quantitative estimate of drug-likeness (QED) is 0.664. The number of hydrogen-bond donors (Lipinski definition) is 3. The highest BCUT2D eigenvalue weighted by Gasteiger charge is 2.57. The molecule has 5 unspecified atom stereocenters. The first-order valence-corrected chi connectivity index (χ1v) is 7.49. The molecule has 108 valence electrons. The summed E-state index contributed by atoms with van der Waals surface area (Å²) in [6.07, 6.45) is 16.3. The van der Waals surface area contributed by atoms with Gasteiger partial charge in [0.2, 0.25) is 0 Å². The van der Waals surface area contributed by atoms with Gasteiger partial charge in [-0.05, 0) is 56.4 Å². The van der Waals surface area contributed by atoms with Gasteiger partial charge in [0.15, 0.2) is 0 Å². The molecule has 2 heterocycles. The first-order valence-electron chi connectivity index (χ1n) is 7.49. The molecule has 0 radical (unpaired) electrons. The van der Waals surface area contributed by atoms with E-state index in [1.807, 2.05) is 24.4 Å². The van der Waals surface area contributed by atoms with E-state index in [4.69, 9.17) is 0 Å². The Bertz CT molecular complexity index is 497. The molecule has 0 amide bonds. The molecule has 3 nitrogen and oxygen atoms in total. The van der Waals surface area contributed by atoms with Gasteiger partial charge in [0, 0.05) is 0 Å². The number of fused-ring (bicyclic) bond motifs is 1. The zero-order valence-electron chi connectivity index (χ0n) is 12.2. The standard InChI is InChI=1S/C17H23NO2/c1-12(6-7-13-8-9-13)11-14-16(19)17(2,20)15-5-3-4-10-18(14)15/h3-7,10-11,13-16,19-20H,8-9H2,1-2H3/p+1. The molecule has 3 N–H and O–H groups in total. The molecule has 3 heteroatoms. The van der Waals surface area contributed by atoms with Crippen molar-refractivity contribution in [2.75, 3.05) is 0 Å². The predicted molar refractivity (Wildman–Crippen MR) is 79.1 cm³/mol. The average molecular weight is 274 g/mol. The molecule has 3 aliphatic rings. The first kappa shape index (κ1) is 13.8. The third-order valence-electron chi connectivity index (χ3n) is 4.71. The Morgan fingerprint density at radius 2 is 2.10 bits per heavy atom. The largest absolute Gasteiger partial charge is 0.383 e. The molecule has 20 heavy (non-hydrogen) atoms. The van der Waals surface area contributed by atoms with Crippen LogP contribution < -0.4 is 4.90 Å². The molecule has 5 atom stereocenters. The topological polar surface area (TPSA) is 44.9 Å². The Hall–Kier alpha value is -1.16. The summed E-state index contributed by atoms with van der Waals surface area (Å²) >= 11 is 0. The maximum absolute atomic E-state index is 10.6. The minimum atomic E-state index is -1.09. The monoisotopic (exact) mass is 274 g/mol. The van der Waals surface area contributed by atoms with E-state index in [9.17, 15) is 10.2 Å². The lowest BCUT2D eigenvalue weighted by Gasteiger charge is -2.25. The third-order valence-corrected chi connectivity index (χ3v) is 4.71. The number of rotatable bonds is 3. The van der Waals surface area contributed by atoms with Crippen molar-refractivity contribution in [3.8, 4) is 0 Å². The summed E-state index contributed by atoms with van der Waals surface area (Å²) in [6.45, 7) is 3.80. The van der Waals surface area contributed by atoms with E-state index in [1.165, 1.54) is 12.8 Å². The van der Waals surface area contributed by atoms with Gasteiger partial charge in [-0.1, -0.05) is 18.2 Å². The van der Waals surface area contributed by atoms with Gasteiger partial charge in [0.1, 0.15) is 23.8 Å². The molecule has 1 aliphatic carbocycles. The van der Waals surface area contributed by atoms with Crippen LogP contribution in [0.4, 0.5) is 0 Å². The lowest BCUT2D eigenvalue weighted by molar-refractivity contribution is -0.877. The van der Waals surface area contributed by atoms with Crippen LogP contribution in [-0.4, -0.2) is 34.0 Å². The third kappa shape index (κ3) is 2.41. The van der Waals surface area contributed by atoms with Crippen LogP contribution in [0.3, 0.4) is 0 Å². The summed E-state index contributed by atoms with van der Waals surface area (Å²) < 4.78 is 0. The fourth-order valence-electron chi connectivity index (χ4n) is 3.24. The van der Waals surface area contributed by atoms with Crippen molar-refractivity contribution in [2.45, 2.75) is 50.5 Å². The molecule has 0 bridgehead atoms. The first-order chi connectivity index (χ1) is 9.50. The second-order valence-electron chi connectivity index (χ2n) is 6.53. The van der Waals surface area contributed by atoms with Crippen LogP contribution in [0.15, 0.2) is 48.2 Å². The van der Waals surface area contributed by atoms with Crippen LogP contribution in [0.25, 0.3) is 0 Å². The minimum Gasteiger partial charge on any atom is -0.383 e. The zero-order chi connectivity index (χ0) is 14.3. The van der Waals surface area contributed by atoms with E-state index >= 15 is 0 Å². The molecule has 3 rings (SSSR count). The van der Waals surface area contributed by atoms with Crippen molar-refractivity contribution >= 4 is 0 Å². The molecule has 1 saturated heterocycles. The van der Waals surface area contributed by atoms with Crippen LogP contribution in [0.1, 0.15) is 26.7 Å². The molecular formula is C17H24NO2+. The number of aliphatic hydroxyl groups excluding tert-OH is 1. The second kappa shape index (κ2) is 4.99. The molecule has 1 saturated carbocycles. The summed E-state index contributed by atoms with van der Waals surface area (Å²) in [5.41, 5.74) is 0.0750. The van der Waals surface area contributed by atoms with Crippen LogP contribution >= 0.6 is 0 Å². The van der Waals surface area contributed by atoms with E-state index in [-0.39, 0.29) is 12.1 Å². The normalized spacial score (nSPS) is 44.3. The van der Waals surface area contributed by atoms with Crippen molar-refractivity contribution in [3.63, 3.8) is 0 Å². The lowest BCUT2D eigenvalue weighted by Crippen LogP contribution is -3.14. The summed E-state index contributed by atoms with van der Waals surface area (Å²) in [7, 11) is 0. The van der Waals surface area contributed by atoms with Crippen LogP contribution in [0.2, 0.25) is 0 Å². The lowest BCUT2D eigenvalue weighted by atomic mass is 9.91. The van der Waals surface area contributed by atoms with Gasteiger partial charge in [-0.2, -0.15) is 0 Å². The Kier molecular flexibility index (Phi) is 3.44. The molecule has 2 fully saturated rings. The van der Waals surface area contributed by atoms with Crippen molar-refractivity contribution in [3.05, 3.63) is 48.2 Å². The SMILES string of the molecule is CC(C=CC1CC1)=CC1C(O)C(C)(O)C2C=CC=C[NH+]12. The number of allylic oxidation sites excluding steroid dienone is 5. The summed E-state index contributed by atoms with van der Waals surface area (Å²) in [5, 5.41) is 21.0. The highest BCUT2D eigenvalue weighted by Crippen LogP contribution is 2.30. The molecule has 0 aromatic heterocycles. The number of aliphatic hydroxyl groups is 2. The minimum absolute atomic E-state index is 0.0797. The van der Waals surface area contributed by atoms with Crippen LogP contribution in [0, 0.1) is 5.92 Å². The average Bonchev–Trinajstić information content (AvgIpc) is 3.23. The van der Waals surface area contributed by atoms with Gasteiger partial charge in [0.05, 0.1) is 6.20 Å². The van der Waals surface area contributed by atoms with Crippen molar-refractivity contribution in [1.82, 2.24) is 0 Å². The summed E-state index contributed by atoms with van der Waals surface area (Å²) in [5.74, 6) is 0.757. The second-order valence-corrected chi connectivity index (χ2v) is 6.53. The van der Waals surface area contributed by atoms with Crippen LogP contribution in [0.5, 0.6) is 0 Å². The van der Waals surface area contributed by atoms with Gasteiger partial charge in [0.25, 0.3) is 0 Å². The highest BCUT2D eigenvalue weighted by molar-refractivity contribution is 5.24. The van der Waals surface area contributed by atoms with E-state index in [1.54, 1.807) is 6.92 Å². The van der Waals surface area contributed by atoms with Crippen molar-refractivity contribution in [1.29, 1.82) is 0 Å². The van der Waals surface area contributed by atoms with Gasteiger partial charge in [-0.15, -0.1) is 0 Å². The van der Waals surface area contributed by atoms with E-state index in [0.29, 0.717) is 0 Å². The van der Waals surface area contributed by atoms with Gasteiger partial charge >= 0.3 is 0 Å². The molecule has 2 aliphatic heterocycles. The van der Waals surface area contributed by atoms with Gasteiger partial charge in [-0.25, -0.2) is 0 Å². The van der Waals surface area contributed by atoms with Crippen molar-refractivity contribution < 1.29 is 15.1 Å². The Balaban J connectivity index is 1.82. The predicted octanol–water partition coefficient (Wildman–Crippen LogP) is 0.730. The van der Waals surface area contributed by atoms with E-state index < -0.39 is 11.7 Å². The molecular weight excluding hydrogens is 250 g/mol. The maximum Gasteiger partial charge on any atom is 0.149 e. The Morgan fingerprint density at radius 3 is 2.80 bits per heavy atom. The number of hydrogen-bond acceptors (Lipinski definition) is 2. The number of nitrogens with one attached hydrogen (secondary N) is 1.